The van der Waals surface area contributed by atoms with Crippen LogP contribution in [0.3, 0.4) is 0 Å². The quantitative estimate of drug-likeness (QED) is 0.709. The Labute approximate surface area is 102 Å². The van der Waals surface area contributed by atoms with Crippen molar-refractivity contribution in [3.8, 4) is 0 Å². The largest absolute Gasteiger partial charge is 0.466 e. The van der Waals surface area contributed by atoms with Gasteiger partial charge in [0.05, 0.1) is 25.7 Å². The highest BCUT2D eigenvalue weighted by Crippen LogP contribution is 2.39. The van der Waals surface area contributed by atoms with Crippen molar-refractivity contribution in [2.45, 2.75) is 20.0 Å². The average molecular weight is 234 g/mol. The molecule has 1 aliphatic carbocycles. The van der Waals surface area contributed by atoms with E-state index >= 15 is 0 Å². The molecule has 0 saturated heterocycles. The van der Waals surface area contributed by atoms with Crippen molar-refractivity contribution in [1.29, 1.82) is 0 Å². The molecule has 1 unspecified atom stereocenters. The minimum atomic E-state index is -0.0687. The summed E-state index contributed by atoms with van der Waals surface area (Å²) < 4.78 is 10.6. The third kappa shape index (κ3) is 3.56. The van der Waals surface area contributed by atoms with Crippen LogP contribution in [0.15, 0.2) is 30.3 Å². The molecule has 2 atom stereocenters. The standard InChI is InChI=1S/C14H18O3/c1-2-17-14(15)13-8-12(13)10-16-9-11-6-4-3-5-7-11/h3-7,12-13H,2,8-10H2,1H3/t12?,13-/m1/s1. The lowest BCUT2D eigenvalue weighted by molar-refractivity contribution is -0.145. The fourth-order valence-corrected chi connectivity index (χ4v) is 1.87. The molecule has 1 saturated carbocycles. The summed E-state index contributed by atoms with van der Waals surface area (Å²) in [7, 11) is 0. The van der Waals surface area contributed by atoms with Crippen LogP contribution in [0.25, 0.3) is 0 Å². The predicted molar refractivity (Wildman–Crippen MR) is 64.3 cm³/mol. The van der Waals surface area contributed by atoms with Gasteiger partial charge >= 0.3 is 5.97 Å². The van der Waals surface area contributed by atoms with Crippen LogP contribution in [0.1, 0.15) is 18.9 Å². The number of ether oxygens (including phenoxy) is 2. The van der Waals surface area contributed by atoms with Crippen molar-refractivity contribution in [2.75, 3.05) is 13.2 Å². The molecule has 1 aliphatic rings. The summed E-state index contributed by atoms with van der Waals surface area (Å²) in [6, 6.07) is 10.1. The summed E-state index contributed by atoms with van der Waals surface area (Å²) in [6.07, 6.45) is 0.910. The Morgan fingerprint density at radius 1 is 1.35 bits per heavy atom. The second-order valence-corrected chi connectivity index (χ2v) is 4.36. The van der Waals surface area contributed by atoms with Crippen LogP contribution in [0.2, 0.25) is 0 Å². The first-order chi connectivity index (χ1) is 8.31. The van der Waals surface area contributed by atoms with Crippen LogP contribution in [-0.2, 0) is 20.9 Å². The Bertz CT molecular complexity index is 361. The van der Waals surface area contributed by atoms with Crippen LogP contribution < -0.4 is 0 Å². The van der Waals surface area contributed by atoms with Crippen molar-refractivity contribution in [3.63, 3.8) is 0 Å². The predicted octanol–water partition coefficient (Wildman–Crippen LogP) is 2.40. The van der Waals surface area contributed by atoms with E-state index in [-0.39, 0.29) is 11.9 Å². The first-order valence-corrected chi connectivity index (χ1v) is 6.09. The van der Waals surface area contributed by atoms with Gasteiger partial charge in [-0.25, -0.2) is 0 Å². The topological polar surface area (TPSA) is 35.5 Å². The van der Waals surface area contributed by atoms with Crippen LogP contribution in [-0.4, -0.2) is 19.2 Å². The van der Waals surface area contributed by atoms with Crippen LogP contribution >= 0.6 is 0 Å². The molecule has 0 spiro atoms. The average Bonchev–Trinajstić information content (AvgIpc) is 3.10. The zero-order valence-electron chi connectivity index (χ0n) is 10.1. The van der Waals surface area contributed by atoms with Gasteiger partial charge in [0, 0.05) is 0 Å². The molecule has 0 heterocycles. The van der Waals surface area contributed by atoms with Gasteiger partial charge in [-0.3, -0.25) is 4.79 Å². The van der Waals surface area contributed by atoms with E-state index < -0.39 is 0 Å². The third-order valence-corrected chi connectivity index (χ3v) is 2.96. The van der Waals surface area contributed by atoms with Gasteiger partial charge in [-0.05, 0) is 24.8 Å². The van der Waals surface area contributed by atoms with E-state index in [9.17, 15) is 4.79 Å². The number of benzene rings is 1. The minimum absolute atomic E-state index is 0.0687. The Balaban J connectivity index is 1.63. The van der Waals surface area contributed by atoms with Gasteiger partial charge in [-0.15, -0.1) is 0 Å². The van der Waals surface area contributed by atoms with E-state index in [0.29, 0.717) is 25.7 Å². The van der Waals surface area contributed by atoms with Gasteiger partial charge in [0.25, 0.3) is 0 Å². The second-order valence-electron chi connectivity index (χ2n) is 4.36. The lowest BCUT2D eigenvalue weighted by atomic mass is 10.2. The van der Waals surface area contributed by atoms with Gasteiger partial charge in [0.1, 0.15) is 0 Å². The van der Waals surface area contributed by atoms with Crippen LogP contribution in [0, 0.1) is 11.8 Å². The van der Waals surface area contributed by atoms with Gasteiger partial charge in [-0.2, -0.15) is 0 Å². The SMILES string of the molecule is CCOC(=O)[C@@H]1CC1COCc1ccccc1. The van der Waals surface area contributed by atoms with Crippen LogP contribution in [0.4, 0.5) is 0 Å². The van der Waals surface area contributed by atoms with Crippen molar-refractivity contribution >= 4 is 5.97 Å². The first-order valence-electron chi connectivity index (χ1n) is 6.09. The number of rotatable bonds is 6. The Morgan fingerprint density at radius 2 is 2.12 bits per heavy atom. The Hall–Kier alpha value is -1.35. The fraction of sp³-hybridized carbons (Fsp3) is 0.500. The lowest BCUT2D eigenvalue weighted by Crippen LogP contribution is -2.09. The van der Waals surface area contributed by atoms with E-state index in [1.165, 1.54) is 5.56 Å². The van der Waals surface area contributed by atoms with Crippen molar-refractivity contribution in [3.05, 3.63) is 35.9 Å². The zero-order chi connectivity index (χ0) is 12.1. The molecule has 92 valence electrons. The third-order valence-electron chi connectivity index (χ3n) is 2.96. The summed E-state index contributed by atoms with van der Waals surface area (Å²) in [5.74, 6) is 0.365. The maximum atomic E-state index is 11.4. The van der Waals surface area contributed by atoms with E-state index in [1.807, 2.05) is 37.3 Å². The fourth-order valence-electron chi connectivity index (χ4n) is 1.87. The summed E-state index contributed by atoms with van der Waals surface area (Å²) in [4.78, 5) is 11.4. The summed E-state index contributed by atoms with van der Waals surface area (Å²) in [5, 5.41) is 0. The highest BCUT2D eigenvalue weighted by Gasteiger charge is 2.44. The molecule has 0 bridgehead atoms. The van der Waals surface area contributed by atoms with Crippen molar-refractivity contribution in [1.82, 2.24) is 0 Å². The minimum Gasteiger partial charge on any atom is -0.466 e. The highest BCUT2D eigenvalue weighted by atomic mass is 16.5. The monoisotopic (exact) mass is 234 g/mol. The molecule has 17 heavy (non-hydrogen) atoms. The molecule has 2 rings (SSSR count). The molecule has 3 heteroatoms. The summed E-state index contributed by atoms with van der Waals surface area (Å²) in [5.41, 5.74) is 1.17. The van der Waals surface area contributed by atoms with Crippen LogP contribution in [0.5, 0.6) is 0 Å². The smallest absolute Gasteiger partial charge is 0.309 e. The van der Waals surface area contributed by atoms with Gasteiger partial charge in [0.2, 0.25) is 0 Å². The Morgan fingerprint density at radius 3 is 2.82 bits per heavy atom. The van der Waals surface area contributed by atoms with E-state index in [0.717, 1.165) is 6.42 Å². The number of carbonyl (C=O) groups is 1. The molecule has 0 aromatic heterocycles. The number of carbonyl (C=O) groups excluding carboxylic acids is 1. The summed E-state index contributed by atoms with van der Waals surface area (Å²) >= 11 is 0. The normalized spacial score (nSPS) is 22.2. The molecule has 1 fully saturated rings. The molecular formula is C14H18O3. The molecule has 0 N–H and O–H groups in total. The molecule has 3 nitrogen and oxygen atoms in total. The lowest BCUT2D eigenvalue weighted by Gasteiger charge is -2.04. The second kappa shape index (κ2) is 5.82. The maximum Gasteiger partial charge on any atom is 0.309 e. The van der Waals surface area contributed by atoms with Crippen molar-refractivity contribution < 1.29 is 14.3 Å². The Kier molecular flexibility index (Phi) is 4.15. The summed E-state index contributed by atoms with van der Waals surface area (Å²) in [6.45, 7) is 3.57. The maximum absolute atomic E-state index is 11.4. The molecule has 0 amide bonds. The number of hydrogen-bond donors (Lipinski definition) is 0. The number of esters is 1. The van der Waals surface area contributed by atoms with E-state index in [1.54, 1.807) is 0 Å². The molecule has 1 aromatic rings. The molecular weight excluding hydrogens is 216 g/mol. The molecule has 0 aliphatic heterocycles. The highest BCUT2D eigenvalue weighted by molar-refractivity contribution is 5.75. The molecule has 1 aromatic carbocycles. The van der Waals surface area contributed by atoms with E-state index in [4.69, 9.17) is 9.47 Å². The van der Waals surface area contributed by atoms with Gasteiger partial charge < -0.3 is 9.47 Å². The first kappa shape index (κ1) is 12.1. The van der Waals surface area contributed by atoms with E-state index in [2.05, 4.69) is 0 Å². The van der Waals surface area contributed by atoms with Crippen molar-refractivity contribution in [2.24, 2.45) is 11.8 Å². The molecule has 0 radical (unpaired) electrons. The zero-order valence-corrected chi connectivity index (χ0v) is 10.1. The van der Waals surface area contributed by atoms with Gasteiger partial charge in [-0.1, -0.05) is 30.3 Å². The number of hydrogen-bond acceptors (Lipinski definition) is 3. The van der Waals surface area contributed by atoms with Gasteiger partial charge in [0.15, 0.2) is 0 Å².